The standard InChI is InChI=1S/C19H21FN2O4/c20-12-1-3-13(4-2-12)22-8-5-14(17(22)24)16(23)21-9-6-19(7-10-21)11-15(19)18(25)26/h1-4,14-15H,5-11H2,(H,25,26). The second kappa shape index (κ2) is 6.07. The number of anilines is 1. The highest BCUT2D eigenvalue weighted by Crippen LogP contribution is 2.59. The largest absolute Gasteiger partial charge is 0.481 e. The van der Waals surface area contributed by atoms with Crippen LogP contribution < -0.4 is 4.90 Å². The van der Waals surface area contributed by atoms with Gasteiger partial charge in [0.05, 0.1) is 5.92 Å². The quantitative estimate of drug-likeness (QED) is 0.835. The molecular formula is C19H21FN2O4. The fourth-order valence-corrected chi connectivity index (χ4v) is 4.43. The van der Waals surface area contributed by atoms with Gasteiger partial charge in [-0.1, -0.05) is 0 Å². The molecule has 1 aliphatic carbocycles. The maximum absolute atomic E-state index is 13.1. The number of halogens is 1. The molecule has 2 saturated heterocycles. The first-order chi connectivity index (χ1) is 12.4. The van der Waals surface area contributed by atoms with E-state index in [2.05, 4.69) is 0 Å². The average molecular weight is 360 g/mol. The Labute approximate surface area is 150 Å². The zero-order valence-electron chi connectivity index (χ0n) is 14.4. The van der Waals surface area contributed by atoms with Gasteiger partial charge in [0.15, 0.2) is 0 Å². The van der Waals surface area contributed by atoms with Crippen molar-refractivity contribution in [2.45, 2.75) is 25.7 Å². The van der Waals surface area contributed by atoms with Crippen LogP contribution in [0.15, 0.2) is 24.3 Å². The number of hydrogen-bond donors (Lipinski definition) is 1. The van der Waals surface area contributed by atoms with Gasteiger partial charge in [0.1, 0.15) is 11.7 Å². The van der Waals surface area contributed by atoms with Crippen molar-refractivity contribution in [1.29, 1.82) is 0 Å². The lowest BCUT2D eigenvalue weighted by molar-refractivity contribution is -0.141. The van der Waals surface area contributed by atoms with Gasteiger partial charge in [0, 0.05) is 25.3 Å². The van der Waals surface area contributed by atoms with E-state index in [1.54, 1.807) is 17.0 Å². The molecule has 1 saturated carbocycles. The predicted molar refractivity (Wildman–Crippen MR) is 90.8 cm³/mol. The number of benzene rings is 1. The fourth-order valence-electron chi connectivity index (χ4n) is 4.43. The molecule has 2 aliphatic heterocycles. The highest BCUT2D eigenvalue weighted by Gasteiger charge is 2.59. The summed E-state index contributed by atoms with van der Waals surface area (Å²) in [6.45, 7) is 1.48. The van der Waals surface area contributed by atoms with Gasteiger partial charge in [-0.2, -0.15) is 0 Å². The lowest BCUT2D eigenvalue weighted by Gasteiger charge is -2.33. The molecule has 0 aromatic heterocycles. The lowest BCUT2D eigenvalue weighted by Crippen LogP contribution is -2.45. The van der Waals surface area contributed by atoms with Crippen molar-refractivity contribution >= 4 is 23.5 Å². The summed E-state index contributed by atoms with van der Waals surface area (Å²) in [4.78, 5) is 39.8. The first-order valence-electron chi connectivity index (χ1n) is 9.00. The second-order valence-electron chi connectivity index (χ2n) is 7.59. The molecule has 0 bridgehead atoms. The molecule has 1 aromatic rings. The monoisotopic (exact) mass is 360 g/mol. The van der Waals surface area contributed by atoms with E-state index < -0.39 is 11.9 Å². The number of carboxylic acids is 1. The van der Waals surface area contributed by atoms with Crippen LogP contribution in [0.25, 0.3) is 0 Å². The third-order valence-electron chi connectivity index (χ3n) is 6.20. The zero-order chi connectivity index (χ0) is 18.5. The molecule has 2 unspecified atom stereocenters. The Bertz CT molecular complexity index is 755. The molecule has 1 aromatic carbocycles. The van der Waals surface area contributed by atoms with Gasteiger partial charge in [-0.3, -0.25) is 14.4 Å². The molecule has 2 heterocycles. The number of carbonyl (C=O) groups is 3. The van der Waals surface area contributed by atoms with E-state index in [9.17, 15) is 18.8 Å². The SMILES string of the molecule is O=C(O)C1CC12CCN(C(=O)C1CCN(c3ccc(F)cc3)C1=O)CC2. The minimum absolute atomic E-state index is 0.136. The van der Waals surface area contributed by atoms with Crippen LogP contribution in [-0.2, 0) is 14.4 Å². The highest BCUT2D eigenvalue weighted by molar-refractivity contribution is 6.09. The summed E-state index contributed by atoms with van der Waals surface area (Å²) in [7, 11) is 0. The minimum atomic E-state index is -0.745. The molecule has 1 N–H and O–H groups in total. The summed E-state index contributed by atoms with van der Waals surface area (Å²) in [6, 6.07) is 5.69. The topological polar surface area (TPSA) is 77.9 Å². The Morgan fingerprint density at radius 1 is 1.12 bits per heavy atom. The minimum Gasteiger partial charge on any atom is -0.481 e. The number of likely N-dealkylation sites (tertiary alicyclic amines) is 1. The lowest BCUT2D eigenvalue weighted by atomic mass is 9.90. The zero-order valence-corrected chi connectivity index (χ0v) is 14.4. The van der Waals surface area contributed by atoms with Crippen LogP contribution in [0.2, 0.25) is 0 Å². The maximum atomic E-state index is 13.1. The molecule has 1 spiro atoms. The van der Waals surface area contributed by atoms with Crippen molar-refractivity contribution in [2.24, 2.45) is 17.3 Å². The molecule has 26 heavy (non-hydrogen) atoms. The number of nitrogens with zero attached hydrogens (tertiary/aromatic N) is 2. The van der Waals surface area contributed by atoms with Gasteiger partial charge >= 0.3 is 5.97 Å². The summed E-state index contributed by atoms with van der Waals surface area (Å²) in [5.41, 5.74) is 0.467. The van der Waals surface area contributed by atoms with Gasteiger partial charge in [0.2, 0.25) is 11.8 Å². The Morgan fingerprint density at radius 2 is 1.77 bits per heavy atom. The van der Waals surface area contributed by atoms with Crippen LogP contribution in [0.5, 0.6) is 0 Å². The van der Waals surface area contributed by atoms with Gasteiger partial charge in [-0.25, -0.2) is 4.39 Å². The van der Waals surface area contributed by atoms with Gasteiger partial charge in [-0.05, 0) is 55.4 Å². The first kappa shape index (κ1) is 17.0. The van der Waals surface area contributed by atoms with E-state index >= 15 is 0 Å². The van der Waals surface area contributed by atoms with Crippen molar-refractivity contribution in [2.75, 3.05) is 24.5 Å². The highest BCUT2D eigenvalue weighted by atomic mass is 19.1. The van der Waals surface area contributed by atoms with E-state index in [1.807, 2.05) is 0 Å². The number of amides is 2. The number of carboxylic acid groups (broad SMARTS) is 1. The van der Waals surface area contributed by atoms with E-state index in [-0.39, 0.29) is 29.0 Å². The molecule has 0 radical (unpaired) electrons. The molecule has 2 atom stereocenters. The van der Waals surface area contributed by atoms with Crippen LogP contribution in [0.1, 0.15) is 25.7 Å². The van der Waals surface area contributed by atoms with Crippen LogP contribution in [-0.4, -0.2) is 47.4 Å². The number of piperidine rings is 1. The second-order valence-corrected chi connectivity index (χ2v) is 7.59. The molecule has 138 valence electrons. The van der Waals surface area contributed by atoms with Crippen molar-refractivity contribution in [3.63, 3.8) is 0 Å². The van der Waals surface area contributed by atoms with Crippen LogP contribution >= 0.6 is 0 Å². The third-order valence-corrected chi connectivity index (χ3v) is 6.20. The predicted octanol–water partition coefficient (Wildman–Crippen LogP) is 1.89. The van der Waals surface area contributed by atoms with Crippen molar-refractivity contribution in [3.8, 4) is 0 Å². The molecular weight excluding hydrogens is 339 g/mol. The summed E-state index contributed by atoms with van der Waals surface area (Å²) >= 11 is 0. The van der Waals surface area contributed by atoms with Crippen LogP contribution in [0, 0.1) is 23.1 Å². The molecule has 3 aliphatic rings. The van der Waals surface area contributed by atoms with E-state index in [0.29, 0.717) is 51.0 Å². The molecule has 2 amide bonds. The van der Waals surface area contributed by atoms with Gasteiger partial charge in [0.25, 0.3) is 0 Å². The fraction of sp³-hybridized carbons (Fsp3) is 0.526. The van der Waals surface area contributed by atoms with E-state index in [1.165, 1.54) is 17.0 Å². The summed E-state index contributed by atoms with van der Waals surface area (Å²) in [5.74, 6) is -2.48. The molecule has 4 rings (SSSR count). The van der Waals surface area contributed by atoms with Crippen molar-refractivity contribution < 1.29 is 23.9 Å². The molecule has 7 heteroatoms. The third kappa shape index (κ3) is 2.75. The number of carbonyl (C=O) groups excluding carboxylic acids is 2. The van der Waals surface area contributed by atoms with Crippen LogP contribution in [0.3, 0.4) is 0 Å². The van der Waals surface area contributed by atoms with E-state index in [0.717, 1.165) is 0 Å². The summed E-state index contributed by atoms with van der Waals surface area (Å²) in [6.07, 6.45) is 2.54. The van der Waals surface area contributed by atoms with Gasteiger partial charge < -0.3 is 14.9 Å². The Balaban J connectivity index is 1.38. The van der Waals surface area contributed by atoms with Crippen molar-refractivity contribution in [3.05, 3.63) is 30.1 Å². The number of aliphatic carboxylic acids is 1. The van der Waals surface area contributed by atoms with Crippen molar-refractivity contribution in [1.82, 2.24) is 4.90 Å². The normalized spacial score (nSPS) is 27.0. The van der Waals surface area contributed by atoms with Crippen LogP contribution in [0.4, 0.5) is 10.1 Å². The molecule has 3 fully saturated rings. The number of hydrogen-bond acceptors (Lipinski definition) is 3. The number of rotatable bonds is 3. The summed E-state index contributed by atoms with van der Waals surface area (Å²) < 4.78 is 13.1. The Hall–Kier alpha value is -2.44. The molecule has 6 nitrogen and oxygen atoms in total. The van der Waals surface area contributed by atoms with Gasteiger partial charge in [-0.15, -0.1) is 0 Å². The average Bonchev–Trinajstić information content (AvgIpc) is 3.20. The summed E-state index contributed by atoms with van der Waals surface area (Å²) in [5, 5.41) is 9.15. The Kier molecular flexibility index (Phi) is 3.97. The Morgan fingerprint density at radius 3 is 2.35 bits per heavy atom. The smallest absolute Gasteiger partial charge is 0.307 e. The first-order valence-corrected chi connectivity index (χ1v) is 9.00. The maximum Gasteiger partial charge on any atom is 0.307 e. The van der Waals surface area contributed by atoms with E-state index in [4.69, 9.17) is 5.11 Å².